The van der Waals surface area contributed by atoms with Crippen LogP contribution in [0.25, 0.3) is 0 Å². The van der Waals surface area contributed by atoms with Crippen molar-refractivity contribution in [3.05, 3.63) is 24.0 Å². The lowest BCUT2D eigenvalue weighted by atomic mass is 9.73. The molecule has 2 N–H and O–H groups in total. The van der Waals surface area contributed by atoms with Crippen molar-refractivity contribution in [3.63, 3.8) is 0 Å². The lowest BCUT2D eigenvalue weighted by molar-refractivity contribution is -0.126. The zero-order valence-corrected chi connectivity index (χ0v) is 10.3. The zero-order chi connectivity index (χ0) is 12.6. The molecule has 0 unspecified atom stereocenters. The summed E-state index contributed by atoms with van der Waals surface area (Å²) in [6.07, 6.45) is 5.24. The van der Waals surface area contributed by atoms with E-state index in [0.717, 1.165) is 25.7 Å². The highest BCUT2D eigenvalue weighted by Gasteiger charge is 2.41. The Hall–Kier alpha value is -1.58. The predicted octanol–water partition coefficient (Wildman–Crippen LogP) is 3.14. The molecule has 1 aromatic carbocycles. The van der Waals surface area contributed by atoms with Gasteiger partial charge in [-0.3, -0.25) is 4.79 Å². The number of carbonyl (C=O) groups is 1. The van der Waals surface area contributed by atoms with Crippen molar-refractivity contribution < 1.29 is 9.18 Å². The van der Waals surface area contributed by atoms with Gasteiger partial charge in [-0.05, 0) is 31.0 Å². The highest BCUT2D eigenvalue weighted by Crippen LogP contribution is 2.40. The fraction of sp³-hybridized carbons (Fsp3) is 0.500. The van der Waals surface area contributed by atoms with Crippen LogP contribution in [0.2, 0.25) is 0 Å². The summed E-state index contributed by atoms with van der Waals surface area (Å²) in [5, 5.41) is 6.18. The standard InChI is InChI=1S/C14H17FN2O/c15-10-4-5-11-12(8-10)16-9-14(13(18)17-11)6-2-1-3-7-14/h4-5,8,16H,1-3,6-7,9H2,(H,17,18). The Bertz CT molecular complexity index is 481. The normalized spacial score (nSPS) is 21.7. The molecule has 1 saturated carbocycles. The summed E-state index contributed by atoms with van der Waals surface area (Å²) in [5.41, 5.74) is 1.06. The van der Waals surface area contributed by atoms with Crippen LogP contribution >= 0.6 is 0 Å². The number of fused-ring (bicyclic) bond motifs is 1. The second-order valence-electron chi connectivity index (χ2n) is 5.34. The smallest absolute Gasteiger partial charge is 0.232 e. The zero-order valence-electron chi connectivity index (χ0n) is 10.3. The molecule has 1 aliphatic carbocycles. The minimum absolute atomic E-state index is 0.0834. The SMILES string of the molecule is O=C1Nc2ccc(F)cc2NCC12CCCCC2. The first kappa shape index (κ1) is 11.5. The number of halogens is 1. The third-order valence-corrected chi connectivity index (χ3v) is 4.14. The number of hydrogen-bond donors (Lipinski definition) is 2. The molecule has 4 heteroatoms. The Balaban J connectivity index is 1.92. The second-order valence-corrected chi connectivity index (χ2v) is 5.34. The van der Waals surface area contributed by atoms with Gasteiger partial charge in [-0.15, -0.1) is 0 Å². The van der Waals surface area contributed by atoms with E-state index >= 15 is 0 Å². The van der Waals surface area contributed by atoms with E-state index in [1.165, 1.54) is 18.6 Å². The van der Waals surface area contributed by atoms with Crippen LogP contribution in [0.3, 0.4) is 0 Å². The summed E-state index contributed by atoms with van der Waals surface area (Å²) in [5.74, 6) is -0.199. The first-order valence-electron chi connectivity index (χ1n) is 6.55. The van der Waals surface area contributed by atoms with Crippen molar-refractivity contribution in [2.45, 2.75) is 32.1 Å². The van der Waals surface area contributed by atoms with Crippen molar-refractivity contribution in [3.8, 4) is 0 Å². The quantitative estimate of drug-likeness (QED) is 0.740. The van der Waals surface area contributed by atoms with Crippen LogP contribution in [0.1, 0.15) is 32.1 Å². The molecule has 0 aromatic heterocycles. The van der Waals surface area contributed by atoms with E-state index in [1.807, 2.05) is 0 Å². The van der Waals surface area contributed by atoms with Crippen LogP contribution in [0.15, 0.2) is 18.2 Å². The summed E-state index contributed by atoms with van der Waals surface area (Å²) < 4.78 is 13.2. The summed E-state index contributed by atoms with van der Waals surface area (Å²) >= 11 is 0. The molecule has 1 spiro atoms. The van der Waals surface area contributed by atoms with Gasteiger partial charge in [0.05, 0.1) is 16.8 Å². The Morgan fingerprint density at radius 1 is 1.11 bits per heavy atom. The van der Waals surface area contributed by atoms with Crippen LogP contribution in [0.4, 0.5) is 15.8 Å². The average Bonchev–Trinajstić information content (AvgIpc) is 2.51. The lowest BCUT2D eigenvalue weighted by Gasteiger charge is -2.34. The monoisotopic (exact) mass is 248 g/mol. The maximum atomic E-state index is 13.2. The van der Waals surface area contributed by atoms with Gasteiger partial charge < -0.3 is 10.6 Å². The molecule has 1 heterocycles. The maximum absolute atomic E-state index is 13.2. The molecule has 1 aromatic rings. The van der Waals surface area contributed by atoms with E-state index in [2.05, 4.69) is 10.6 Å². The van der Waals surface area contributed by atoms with Crippen LogP contribution in [-0.2, 0) is 4.79 Å². The van der Waals surface area contributed by atoms with Crippen molar-refractivity contribution in [2.24, 2.45) is 5.41 Å². The molecule has 0 saturated heterocycles. The number of anilines is 2. The van der Waals surface area contributed by atoms with E-state index in [4.69, 9.17) is 0 Å². The predicted molar refractivity (Wildman–Crippen MR) is 69.0 cm³/mol. The van der Waals surface area contributed by atoms with Gasteiger partial charge in [0.2, 0.25) is 5.91 Å². The van der Waals surface area contributed by atoms with Crippen molar-refractivity contribution in [2.75, 3.05) is 17.2 Å². The Morgan fingerprint density at radius 3 is 2.67 bits per heavy atom. The molecule has 0 bridgehead atoms. The lowest BCUT2D eigenvalue weighted by Crippen LogP contribution is -2.41. The van der Waals surface area contributed by atoms with Gasteiger partial charge in [0.1, 0.15) is 5.82 Å². The minimum Gasteiger partial charge on any atom is -0.382 e. The number of benzene rings is 1. The van der Waals surface area contributed by atoms with E-state index in [1.54, 1.807) is 6.07 Å². The molecule has 1 aliphatic heterocycles. The molecule has 2 aliphatic rings. The Labute approximate surface area is 106 Å². The van der Waals surface area contributed by atoms with Crippen LogP contribution < -0.4 is 10.6 Å². The Kier molecular flexibility index (Phi) is 2.73. The molecule has 0 atom stereocenters. The first-order chi connectivity index (χ1) is 8.70. The molecular formula is C14H17FN2O. The molecular weight excluding hydrogens is 231 g/mol. The summed E-state index contributed by atoms with van der Waals surface area (Å²) in [7, 11) is 0. The second kappa shape index (κ2) is 4.26. The molecule has 96 valence electrons. The summed E-state index contributed by atoms with van der Waals surface area (Å²) in [6, 6.07) is 4.44. The molecule has 3 nitrogen and oxygen atoms in total. The highest BCUT2D eigenvalue weighted by atomic mass is 19.1. The fourth-order valence-electron chi connectivity index (χ4n) is 3.00. The van der Waals surface area contributed by atoms with E-state index in [0.29, 0.717) is 17.9 Å². The van der Waals surface area contributed by atoms with Gasteiger partial charge in [-0.25, -0.2) is 4.39 Å². The van der Waals surface area contributed by atoms with Crippen molar-refractivity contribution in [1.82, 2.24) is 0 Å². The van der Waals surface area contributed by atoms with Gasteiger partial charge in [0.15, 0.2) is 0 Å². The van der Waals surface area contributed by atoms with Gasteiger partial charge in [0, 0.05) is 6.54 Å². The fourth-order valence-corrected chi connectivity index (χ4v) is 3.00. The van der Waals surface area contributed by atoms with Gasteiger partial charge in [-0.1, -0.05) is 19.3 Å². The van der Waals surface area contributed by atoms with E-state index in [9.17, 15) is 9.18 Å². The van der Waals surface area contributed by atoms with Gasteiger partial charge >= 0.3 is 0 Å². The maximum Gasteiger partial charge on any atom is 0.232 e. The number of hydrogen-bond acceptors (Lipinski definition) is 2. The Morgan fingerprint density at radius 2 is 1.89 bits per heavy atom. The molecule has 1 amide bonds. The number of carbonyl (C=O) groups excluding carboxylic acids is 1. The third kappa shape index (κ3) is 1.85. The van der Waals surface area contributed by atoms with Crippen LogP contribution in [-0.4, -0.2) is 12.5 Å². The average molecular weight is 248 g/mol. The number of nitrogens with one attached hydrogen (secondary N) is 2. The summed E-state index contributed by atoms with van der Waals surface area (Å²) in [4.78, 5) is 12.4. The largest absolute Gasteiger partial charge is 0.382 e. The number of amides is 1. The molecule has 3 rings (SSSR count). The highest BCUT2D eigenvalue weighted by molar-refractivity contribution is 5.99. The van der Waals surface area contributed by atoms with Gasteiger partial charge in [-0.2, -0.15) is 0 Å². The van der Waals surface area contributed by atoms with Gasteiger partial charge in [0.25, 0.3) is 0 Å². The third-order valence-electron chi connectivity index (χ3n) is 4.14. The topological polar surface area (TPSA) is 41.1 Å². The molecule has 0 radical (unpaired) electrons. The summed E-state index contributed by atoms with van der Waals surface area (Å²) in [6.45, 7) is 0.606. The number of rotatable bonds is 0. The van der Waals surface area contributed by atoms with Crippen molar-refractivity contribution in [1.29, 1.82) is 0 Å². The minimum atomic E-state index is -0.312. The van der Waals surface area contributed by atoms with E-state index < -0.39 is 0 Å². The van der Waals surface area contributed by atoms with E-state index in [-0.39, 0.29) is 17.1 Å². The first-order valence-corrected chi connectivity index (χ1v) is 6.55. The molecule has 1 fully saturated rings. The van der Waals surface area contributed by atoms with Crippen LogP contribution in [0, 0.1) is 11.2 Å². The van der Waals surface area contributed by atoms with Crippen molar-refractivity contribution >= 4 is 17.3 Å². The molecule has 18 heavy (non-hydrogen) atoms. The van der Waals surface area contributed by atoms with Crippen LogP contribution in [0.5, 0.6) is 0 Å².